The molecule has 130 valence electrons. The Balaban J connectivity index is 2.60. The van der Waals surface area contributed by atoms with Gasteiger partial charge in [-0.05, 0) is 69.8 Å². The number of carbonyl (C=O) groups excluding carboxylic acids is 1. The van der Waals surface area contributed by atoms with Gasteiger partial charge in [0.05, 0.1) is 7.11 Å². The second kappa shape index (κ2) is 8.01. The summed E-state index contributed by atoms with van der Waals surface area (Å²) in [7, 11) is -1.79. The number of ether oxygens (including phenoxy) is 1. The molecule has 0 atom stereocenters. The van der Waals surface area contributed by atoms with Gasteiger partial charge >= 0.3 is 0 Å². The van der Waals surface area contributed by atoms with Crippen molar-refractivity contribution >= 4 is 22.6 Å². The minimum atomic E-state index is -1.78. The maximum atomic E-state index is 11.8. The van der Waals surface area contributed by atoms with E-state index in [1.807, 2.05) is 37.8 Å². The lowest BCUT2D eigenvalue weighted by Crippen LogP contribution is -2.29. The molecule has 0 spiro atoms. The highest BCUT2D eigenvalue weighted by molar-refractivity contribution is 6.71. The van der Waals surface area contributed by atoms with E-state index in [0.717, 1.165) is 29.9 Å². The zero-order chi connectivity index (χ0) is 17.7. The van der Waals surface area contributed by atoms with E-state index < -0.39 is 16.6 Å². The molecule has 0 heterocycles. The van der Waals surface area contributed by atoms with Crippen LogP contribution in [0.3, 0.4) is 0 Å². The minimum absolute atomic E-state index is 0.0881. The van der Waals surface area contributed by atoms with Crippen molar-refractivity contribution in [3.8, 4) is 11.5 Å². The number of carbonyl (C=O) groups is 1. The summed E-state index contributed by atoms with van der Waals surface area (Å²) in [4.78, 5) is 11.8. The molecule has 6 heteroatoms. The van der Waals surface area contributed by atoms with E-state index >= 15 is 0 Å². The molecule has 0 amide bonds. The molecule has 1 aromatic carbocycles. The van der Waals surface area contributed by atoms with E-state index in [1.54, 1.807) is 7.11 Å². The Bertz CT molecular complexity index is 530. The average Bonchev–Trinajstić information content (AvgIpc) is 2.36. The van der Waals surface area contributed by atoms with Crippen LogP contribution in [-0.4, -0.2) is 29.7 Å². The number of methoxy groups -OCH3 is 1. The van der Waals surface area contributed by atoms with E-state index in [2.05, 4.69) is 19.6 Å². The molecule has 0 radical (unpaired) electrons. The Hall–Kier alpha value is -1.28. The van der Waals surface area contributed by atoms with Crippen molar-refractivity contribution in [2.75, 3.05) is 7.11 Å². The normalized spacial score (nSPS) is 12.0. The van der Waals surface area contributed by atoms with Gasteiger partial charge in [0.1, 0.15) is 5.75 Å². The molecule has 1 aromatic rings. The van der Waals surface area contributed by atoms with Gasteiger partial charge in [-0.15, -0.1) is 0 Å². The number of aryl methyl sites for hydroxylation is 1. The minimum Gasteiger partial charge on any atom is -0.542 e. The highest BCUT2D eigenvalue weighted by Gasteiger charge is 2.20. The first-order chi connectivity index (χ1) is 10.5. The van der Waals surface area contributed by atoms with Crippen LogP contribution in [0.5, 0.6) is 11.5 Å². The summed E-state index contributed by atoms with van der Waals surface area (Å²) in [6.07, 6.45) is 2.06. The van der Waals surface area contributed by atoms with Gasteiger partial charge in [0, 0.05) is 6.42 Å². The van der Waals surface area contributed by atoms with E-state index in [-0.39, 0.29) is 5.97 Å². The maximum absolute atomic E-state index is 11.8. The van der Waals surface area contributed by atoms with Crippen molar-refractivity contribution in [1.82, 2.24) is 0 Å². The number of hydrogen-bond donors (Lipinski definition) is 0. The topological polar surface area (TPSA) is 44.8 Å². The van der Waals surface area contributed by atoms with Crippen molar-refractivity contribution in [3.05, 3.63) is 23.8 Å². The lowest BCUT2D eigenvalue weighted by atomic mass is 10.1. The predicted octanol–water partition coefficient (Wildman–Crippen LogP) is 4.61. The van der Waals surface area contributed by atoms with Gasteiger partial charge < -0.3 is 13.6 Å². The molecule has 0 saturated carbocycles. The van der Waals surface area contributed by atoms with Crippen LogP contribution in [0.4, 0.5) is 0 Å². The fourth-order valence-electron chi connectivity index (χ4n) is 2.11. The van der Waals surface area contributed by atoms with Crippen LogP contribution in [0.1, 0.15) is 18.4 Å². The second-order valence-electron chi connectivity index (χ2n) is 7.64. The fourth-order valence-corrected chi connectivity index (χ4v) is 3.72. The summed E-state index contributed by atoms with van der Waals surface area (Å²) in [5.74, 6) is 1.47. The highest BCUT2D eigenvalue weighted by Crippen LogP contribution is 2.30. The van der Waals surface area contributed by atoms with Gasteiger partial charge in [-0.25, -0.2) is 0 Å². The second-order valence-corrected chi connectivity index (χ2v) is 16.5. The van der Waals surface area contributed by atoms with Crippen molar-refractivity contribution < 1.29 is 18.4 Å². The van der Waals surface area contributed by atoms with Gasteiger partial charge in [-0.3, -0.25) is 4.79 Å². The van der Waals surface area contributed by atoms with Crippen LogP contribution in [-0.2, 0) is 15.6 Å². The third-order valence-electron chi connectivity index (χ3n) is 2.91. The van der Waals surface area contributed by atoms with Crippen LogP contribution in [0.25, 0.3) is 0 Å². The van der Waals surface area contributed by atoms with Crippen LogP contribution in [0, 0.1) is 0 Å². The third kappa shape index (κ3) is 8.22. The van der Waals surface area contributed by atoms with E-state index in [9.17, 15) is 4.79 Å². The molecular weight excluding hydrogens is 324 g/mol. The molecule has 1 rings (SSSR count). The van der Waals surface area contributed by atoms with Gasteiger partial charge in [-0.1, -0.05) is 6.07 Å². The zero-order valence-corrected chi connectivity index (χ0v) is 17.5. The van der Waals surface area contributed by atoms with Gasteiger partial charge in [0.15, 0.2) is 5.75 Å². The first kappa shape index (κ1) is 19.8. The van der Waals surface area contributed by atoms with E-state index in [1.165, 1.54) is 0 Å². The summed E-state index contributed by atoms with van der Waals surface area (Å²) < 4.78 is 16.9. The van der Waals surface area contributed by atoms with Crippen LogP contribution < -0.4 is 9.16 Å². The monoisotopic (exact) mass is 354 g/mol. The molecule has 0 saturated heterocycles. The summed E-state index contributed by atoms with van der Waals surface area (Å²) in [6, 6.07) is 6.01. The first-order valence-electron chi connectivity index (χ1n) is 8.08. The molecule has 0 N–H and O–H groups in total. The lowest BCUT2D eigenvalue weighted by Gasteiger charge is -2.21. The van der Waals surface area contributed by atoms with Crippen LogP contribution in [0.2, 0.25) is 39.3 Å². The van der Waals surface area contributed by atoms with E-state index in [0.29, 0.717) is 6.42 Å². The lowest BCUT2D eigenvalue weighted by molar-refractivity contribution is -0.135. The van der Waals surface area contributed by atoms with Crippen molar-refractivity contribution in [2.45, 2.75) is 58.5 Å². The zero-order valence-electron chi connectivity index (χ0n) is 15.5. The average molecular weight is 355 g/mol. The molecule has 0 fully saturated rings. The molecule has 0 aromatic heterocycles. The van der Waals surface area contributed by atoms with Crippen molar-refractivity contribution in [3.63, 3.8) is 0 Å². The number of benzene rings is 1. The van der Waals surface area contributed by atoms with Gasteiger partial charge in [-0.2, -0.15) is 0 Å². The van der Waals surface area contributed by atoms with Crippen molar-refractivity contribution in [2.24, 2.45) is 0 Å². The Morgan fingerprint density at radius 1 is 1.00 bits per heavy atom. The van der Waals surface area contributed by atoms with Gasteiger partial charge in [0.2, 0.25) is 16.6 Å². The van der Waals surface area contributed by atoms with Gasteiger partial charge in [0.25, 0.3) is 5.97 Å². The number of rotatable bonds is 8. The summed E-state index contributed by atoms with van der Waals surface area (Å²) in [6.45, 7) is 12.5. The Labute approximate surface area is 142 Å². The smallest absolute Gasteiger partial charge is 0.292 e. The quantitative estimate of drug-likeness (QED) is 0.640. The predicted molar refractivity (Wildman–Crippen MR) is 99.3 cm³/mol. The van der Waals surface area contributed by atoms with Crippen LogP contribution >= 0.6 is 0 Å². The molecule has 4 nitrogen and oxygen atoms in total. The fraction of sp³-hybridized carbons (Fsp3) is 0.588. The summed E-state index contributed by atoms with van der Waals surface area (Å²) in [5.41, 5.74) is 1.14. The highest BCUT2D eigenvalue weighted by atomic mass is 28.4. The van der Waals surface area contributed by atoms with Crippen LogP contribution in [0.15, 0.2) is 18.2 Å². The third-order valence-corrected chi connectivity index (χ3v) is 4.58. The molecule has 0 unspecified atom stereocenters. The molecule has 0 aliphatic rings. The molecule has 0 aliphatic heterocycles. The SMILES string of the molecule is COc1cc(CCCC(=O)O[Si](C)(C)C)ccc1O[Si](C)(C)C. The Morgan fingerprint density at radius 3 is 2.17 bits per heavy atom. The molecular formula is C17H30O4Si2. The summed E-state index contributed by atoms with van der Waals surface area (Å²) in [5, 5.41) is 0. The first-order valence-corrected chi connectivity index (χ1v) is 14.9. The maximum Gasteiger partial charge on any atom is 0.292 e. The standard InChI is InChI=1S/C17H30O4Si2/c1-19-16-13-14(11-12-15(16)20-22(2,3)4)9-8-10-17(18)21-23(5,6)7/h11-13H,8-10H2,1-7H3. The number of hydrogen-bond acceptors (Lipinski definition) is 4. The van der Waals surface area contributed by atoms with E-state index in [4.69, 9.17) is 13.6 Å². The Kier molecular flexibility index (Phi) is 6.89. The Morgan fingerprint density at radius 2 is 1.65 bits per heavy atom. The molecule has 0 aliphatic carbocycles. The largest absolute Gasteiger partial charge is 0.542 e. The summed E-state index contributed by atoms with van der Waals surface area (Å²) >= 11 is 0. The molecule has 0 bridgehead atoms. The molecule has 23 heavy (non-hydrogen) atoms. The van der Waals surface area contributed by atoms with Crippen molar-refractivity contribution in [1.29, 1.82) is 0 Å².